The third kappa shape index (κ3) is 3.09. The summed E-state index contributed by atoms with van der Waals surface area (Å²) in [5.41, 5.74) is 0.759. The molecule has 3 nitrogen and oxygen atoms in total. The van der Waals surface area contributed by atoms with Crippen molar-refractivity contribution < 1.29 is 9.90 Å². The van der Waals surface area contributed by atoms with E-state index in [2.05, 4.69) is 5.32 Å². The Hall–Kier alpha value is -0.930. The third-order valence-corrected chi connectivity index (χ3v) is 3.84. The highest BCUT2D eigenvalue weighted by atomic mass is 35.5. The highest BCUT2D eigenvalue weighted by Gasteiger charge is 2.17. The van der Waals surface area contributed by atoms with Crippen LogP contribution in [0.2, 0.25) is 10.0 Å². The zero-order valence-corrected chi connectivity index (χ0v) is 11.4. The lowest BCUT2D eigenvalue weighted by molar-refractivity contribution is 0.0697. The zero-order valence-electron chi connectivity index (χ0n) is 9.88. The number of hydrogen-bond acceptors (Lipinski definition) is 2. The van der Waals surface area contributed by atoms with E-state index in [4.69, 9.17) is 28.3 Å². The van der Waals surface area contributed by atoms with E-state index in [1.807, 2.05) is 0 Å². The van der Waals surface area contributed by atoms with Gasteiger partial charge in [0.1, 0.15) is 0 Å². The summed E-state index contributed by atoms with van der Waals surface area (Å²) >= 11 is 12.2. The molecule has 5 heteroatoms. The molecule has 0 heterocycles. The number of carbonyl (C=O) groups is 1. The predicted octanol–water partition coefficient (Wildman–Crippen LogP) is 4.44. The van der Waals surface area contributed by atoms with E-state index < -0.39 is 5.97 Å². The average Bonchev–Trinajstić information content (AvgIpc) is 2.34. The smallest absolute Gasteiger partial charge is 0.335 e. The minimum atomic E-state index is -1.02. The van der Waals surface area contributed by atoms with E-state index in [0.717, 1.165) is 12.8 Å². The Balaban J connectivity index is 2.19. The molecule has 1 aliphatic carbocycles. The second-order valence-corrected chi connectivity index (χ2v) is 5.41. The number of carboxylic acid groups (broad SMARTS) is 1. The topological polar surface area (TPSA) is 49.3 Å². The third-order valence-electron chi connectivity index (χ3n) is 3.24. The normalized spacial score (nSPS) is 16.6. The molecule has 1 fully saturated rings. The molecule has 0 unspecified atom stereocenters. The zero-order chi connectivity index (χ0) is 13.1. The molecule has 1 aromatic carbocycles. The lowest BCUT2D eigenvalue weighted by atomic mass is 9.95. The first-order valence-electron chi connectivity index (χ1n) is 6.07. The maximum Gasteiger partial charge on any atom is 0.335 e. The maximum atomic E-state index is 10.9. The predicted molar refractivity (Wildman–Crippen MR) is 73.9 cm³/mol. The lowest BCUT2D eigenvalue weighted by Crippen LogP contribution is -2.22. The van der Waals surface area contributed by atoms with Crippen LogP contribution in [0.4, 0.5) is 5.69 Å². The molecule has 0 spiro atoms. The van der Waals surface area contributed by atoms with Gasteiger partial charge in [0.25, 0.3) is 0 Å². The van der Waals surface area contributed by atoms with Crippen LogP contribution in [0, 0.1) is 0 Å². The van der Waals surface area contributed by atoms with Gasteiger partial charge in [0.05, 0.1) is 21.3 Å². The lowest BCUT2D eigenvalue weighted by Gasteiger charge is -2.25. The van der Waals surface area contributed by atoms with E-state index in [1.165, 1.54) is 31.4 Å². The van der Waals surface area contributed by atoms with Crippen molar-refractivity contribution >= 4 is 34.9 Å². The number of aromatic carboxylic acids is 1. The van der Waals surface area contributed by atoms with Crippen LogP contribution in [0.3, 0.4) is 0 Å². The fourth-order valence-corrected chi connectivity index (χ4v) is 2.88. The van der Waals surface area contributed by atoms with Crippen molar-refractivity contribution in [1.29, 1.82) is 0 Å². The van der Waals surface area contributed by atoms with Crippen molar-refractivity contribution in [2.24, 2.45) is 0 Å². The van der Waals surface area contributed by atoms with Crippen LogP contribution >= 0.6 is 23.2 Å². The molecule has 2 rings (SSSR count). The van der Waals surface area contributed by atoms with E-state index in [1.54, 1.807) is 0 Å². The molecular weight excluding hydrogens is 273 g/mol. The Morgan fingerprint density at radius 1 is 1.17 bits per heavy atom. The summed E-state index contributed by atoms with van der Waals surface area (Å²) in [7, 11) is 0. The summed E-state index contributed by atoms with van der Waals surface area (Å²) in [4.78, 5) is 10.9. The number of nitrogens with one attached hydrogen (secondary N) is 1. The van der Waals surface area contributed by atoms with Crippen LogP contribution in [0.25, 0.3) is 0 Å². The second-order valence-electron chi connectivity index (χ2n) is 4.60. The van der Waals surface area contributed by atoms with E-state index in [9.17, 15) is 4.79 Å². The summed E-state index contributed by atoms with van der Waals surface area (Å²) in [6.45, 7) is 0. The molecule has 0 aliphatic heterocycles. The molecule has 0 radical (unpaired) electrons. The maximum absolute atomic E-state index is 10.9. The molecule has 0 amide bonds. The number of rotatable bonds is 3. The average molecular weight is 288 g/mol. The minimum absolute atomic E-state index is 0.110. The van der Waals surface area contributed by atoms with Gasteiger partial charge in [-0.3, -0.25) is 0 Å². The number of hydrogen-bond donors (Lipinski definition) is 2. The molecule has 0 aromatic heterocycles. The molecule has 0 saturated heterocycles. The Morgan fingerprint density at radius 2 is 1.72 bits per heavy atom. The van der Waals surface area contributed by atoms with Crippen LogP contribution in [-0.2, 0) is 0 Å². The molecule has 98 valence electrons. The Bertz CT molecular complexity index is 433. The summed E-state index contributed by atoms with van der Waals surface area (Å²) in [6, 6.07) is 3.24. The van der Waals surface area contributed by atoms with E-state index in [-0.39, 0.29) is 5.56 Å². The molecule has 1 aromatic rings. The van der Waals surface area contributed by atoms with Crippen LogP contribution in [0.15, 0.2) is 12.1 Å². The quantitative estimate of drug-likeness (QED) is 0.864. The van der Waals surface area contributed by atoms with Crippen LogP contribution in [0.5, 0.6) is 0 Å². The Morgan fingerprint density at radius 3 is 2.22 bits per heavy atom. The minimum Gasteiger partial charge on any atom is -0.478 e. The van der Waals surface area contributed by atoms with Gasteiger partial charge in [0, 0.05) is 6.04 Å². The standard InChI is InChI=1S/C13H15Cl2NO2/c14-10-6-8(13(17)18)7-11(15)12(10)16-9-4-2-1-3-5-9/h6-7,9,16H,1-5H2,(H,17,18). The molecular formula is C13H15Cl2NO2. The fraction of sp³-hybridized carbons (Fsp3) is 0.462. The summed E-state index contributed by atoms with van der Waals surface area (Å²) in [6.07, 6.45) is 5.90. The number of carboxylic acids is 1. The molecule has 1 aliphatic rings. The van der Waals surface area contributed by atoms with Crippen molar-refractivity contribution in [1.82, 2.24) is 0 Å². The largest absolute Gasteiger partial charge is 0.478 e. The Labute approximate surface area is 116 Å². The first-order chi connectivity index (χ1) is 8.58. The van der Waals surface area contributed by atoms with Gasteiger partial charge in [0.15, 0.2) is 0 Å². The van der Waals surface area contributed by atoms with Crippen molar-refractivity contribution in [2.45, 2.75) is 38.1 Å². The van der Waals surface area contributed by atoms with Gasteiger partial charge in [-0.15, -0.1) is 0 Å². The van der Waals surface area contributed by atoms with Crippen molar-refractivity contribution in [2.75, 3.05) is 5.32 Å². The molecule has 18 heavy (non-hydrogen) atoms. The summed E-state index contributed by atoms with van der Waals surface area (Å²) in [5.74, 6) is -1.02. The molecule has 1 saturated carbocycles. The van der Waals surface area contributed by atoms with Gasteiger partial charge in [-0.1, -0.05) is 42.5 Å². The monoisotopic (exact) mass is 287 g/mol. The van der Waals surface area contributed by atoms with Gasteiger partial charge in [-0.05, 0) is 25.0 Å². The second kappa shape index (κ2) is 5.81. The van der Waals surface area contributed by atoms with Gasteiger partial charge >= 0.3 is 5.97 Å². The van der Waals surface area contributed by atoms with Gasteiger partial charge < -0.3 is 10.4 Å². The number of benzene rings is 1. The van der Waals surface area contributed by atoms with Crippen molar-refractivity contribution in [3.05, 3.63) is 27.7 Å². The molecule has 2 N–H and O–H groups in total. The summed E-state index contributed by atoms with van der Waals surface area (Å²) in [5, 5.41) is 13.0. The van der Waals surface area contributed by atoms with Gasteiger partial charge in [0.2, 0.25) is 0 Å². The highest BCUT2D eigenvalue weighted by molar-refractivity contribution is 6.39. The Kier molecular flexibility index (Phi) is 4.36. The van der Waals surface area contributed by atoms with Gasteiger partial charge in [-0.25, -0.2) is 4.79 Å². The molecule has 0 atom stereocenters. The van der Waals surface area contributed by atoms with Crippen LogP contribution < -0.4 is 5.32 Å². The first kappa shape index (κ1) is 13.5. The fourth-order valence-electron chi connectivity index (χ4n) is 2.29. The summed E-state index contributed by atoms with van der Waals surface area (Å²) < 4.78 is 0. The van der Waals surface area contributed by atoms with Crippen molar-refractivity contribution in [3.63, 3.8) is 0 Å². The number of anilines is 1. The highest BCUT2D eigenvalue weighted by Crippen LogP contribution is 2.34. The van der Waals surface area contributed by atoms with Crippen LogP contribution in [-0.4, -0.2) is 17.1 Å². The number of halogens is 2. The van der Waals surface area contributed by atoms with Crippen molar-refractivity contribution in [3.8, 4) is 0 Å². The first-order valence-corrected chi connectivity index (χ1v) is 6.82. The van der Waals surface area contributed by atoms with E-state index >= 15 is 0 Å². The SMILES string of the molecule is O=C(O)c1cc(Cl)c(NC2CCCCC2)c(Cl)c1. The van der Waals surface area contributed by atoms with Crippen LogP contribution in [0.1, 0.15) is 42.5 Å². The molecule has 0 bridgehead atoms. The van der Waals surface area contributed by atoms with Gasteiger partial charge in [-0.2, -0.15) is 0 Å². The van der Waals surface area contributed by atoms with E-state index in [0.29, 0.717) is 21.8 Å².